The molecule has 0 aliphatic heterocycles. The largest absolute Gasteiger partial charge is 0.489 e. The lowest BCUT2D eigenvalue weighted by molar-refractivity contribution is 0.306. The highest BCUT2D eigenvalue weighted by molar-refractivity contribution is 6.36. The van der Waals surface area contributed by atoms with E-state index in [9.17, 15) is 4.79 Å². The summed E-state index contributed by atoms with van der Waals surface area (Å²) in [7, 11) is 0. The molecular formula is C22H13Cl3O3. The molecule has 3 aromatic carbocycles. The fourth-order valence-electron chi connectivity index (χ4n) is 2.81. The third-order valence-electron chi connectivity index (χ3n) is 4.27. The minimum absolute atomic E-state index is 0.160. The molecule has 0 unspecified atom stereocenters. The smallest absolute Gasteiger partial charge is 0.193 e. The van der Waals surface area contributed by atoms with E-state index in [4.69, 9.17) is 44.0 Å². The molecule has 3 nitrogen and oxygen atoms in total. The van der Waals surface area contributed by atoms with Gasteiger partial charge in [0.2, 0.25) is 0 Å². The number of hydrogen-bond donors (Lipinski definition) is 0. The first-order chi connectivity index (χ1) is 13.5. The van der Waals surface area contributed by atoms with E-state index in [1.807, 2.05) is 0 Å². The van der Waals surface area contributed by atoms with Crippen molar-refractivity contribution < 1.29 is 9.15 Å². The minimum atomic E-state index is -0.160. The Labute approximate surface area is 176 Å². The molecule has 0 aliphatic carbocycles. The summed E-state index contributed by atoms with van der Waals surface area (Å²) in [6, 6.07) is 18.9. The highest BCUT2D eigenvalue weighted by atomic mass is 35.5. The van der Waals surface area contributed by atoms with Gasteiger partial charge in [-0.2, -0.15) is 0 Å². The van der Waals surface area contributed by atoms with E-state index in [2.05, 4.69) is 0 Å². The number of rotatable bonds is 4. The molecule has 28 heavy (non-hydrogen) atoms. The van der Waals surface area contributed by atoms with Gasteiger partial charge in [-0.3, -0.25) is 4.79 Å². The van der Waals surface area contributed by atoms with Gasteiger partial charge in [0.25, 0.3) is 0 Å². The molecule has 0 atom stereocenters. The van der Waals surface area contributed by atoms with Crippen molar-refractivity contribution in [2.75, 3.05) is 0 Å². The van der Waals surface area contributed by atoms with Crippen LogP contribution >= 0.6 is 34.8 Å². The van der Waals surface area contributed by atoms with Crippen molar-refractivity contribution in [1.29, 1.82) is 0 Å². The van der Waals surface area contributed by atoms with E-state index in [0.717, 1.165) is 5.56 Å². The lowest BCUT2D eigenvalue weighted by atomic mass is 10.1. The number of ether oxygens (including phenoxy) is 1. The third kappa shape index (κ3) is 3.88. The van der Waals surface area contributed by atoms with Gasteiger partial charge in [-0.1, -0.05) is 40.9 Å². The summed E-state index contributed by atoms with van der Waals surface area (Å²) in [6.45, 7) is 0.193. The zero-order valence-electron chi connectivity index (χ0n) is 14.4. The van der Waals surface area contributed by atoms with Gasteiger partial charge >= 0.3 is 0 Å². The van der Waals surface area contributed by atoms with Crippen LogP contribution in [0.4, 0.5) is 0 Å². The van der Waals surface area contributed by atoms with Crippen molar-refractivity contribution in [3.05, 3.63) is 97.6 Å². The Balaban J connectivity index is 1.64. The Kier molecular flexibility index (Phi) is 5.31. The Morgan fingerprint density at radius 2 is 1.57 bits per heavy atom. The zero-order valence-corrected chi connectivity index (χ0v) is 16.7. The van der Waals surface area contributed by atoms with E-state index >= 15 is 0 Å². The lowest BCUT2D eigenvalue weighted by Crippen LogP contribution is -2.02. The van der Waals surface area contributed by atoms with Crippen molar-refractivity contribution in [1.82, 2.24) is 0 Å². The quantitative estimate of drug-likeness (QED) is 0.349. The van der Waals surface area contributed by atoms with Crippen LogP contribution in [0, 0.1) is 0 Å². The Morgan fingerprint density at radius 3 is 2.29 bits per heavy atom. The van der Waals surface area contributed by atoms with E-state index < -0.39 is 0 Å². The summed E-state index contributed by atoms with van der Waals surface area (Å²) in [5, 5.41) is 2.11. The molecule has 0 saturated carbocycles. The summed E-state index contributed by atoms with van der Waals surface area (Å²) in [5.41, 5.74) is 1.78. The maximum atomic E-state index is 12.6. The van der Waals surface area contributed by atoms with Crippen LogP contribution in [0.15, 0.2) is 75.9 Å². The van der Waals surface area contributed by atoms with E-state index in [1.54, 1.807) is 60.7 Å². The van der Waals surface area contributed by atoms with Crippen molar-refractivity contribution in [2.45, 2.75) is 6.61 Å². The second-order valence-corrected chi connectivity index (χ2v) is 7.38. The van der Waals surface area contributed by atoms with Crippen LogP contribution in [0.3, 0.4) is 0 Å². The molecular weight excluding hydrogens is 419 g/mol. The van der Waals surface area contributed by atoms with Crippen LogP contribution in [0.5, 0.6) is 5.75 Å². The summed E-state index contributed by atoms with van der Waals surface area (Å²) >= 11 is 18.2. The number of halogens is 3. The normalized spacial score (nSPS) is 11.0. The third-order valence-corrected chi connectivity index (χ3v) is 5.23. The van der Waals surface area contributed by atoms with Crippen LogP contribution in [0.25, 0.3) is 22.3 Å². The minimum Gasteiger partial charge on any atom is -0.489 e. The van der Waals surface area contributed by atoms with Crippen LogP contribution in [-0.2, 0) is 6.61 Å². The molecule has 4 aromatic rings. The van der Waals surface area contributed by atoms with Gasteiger partial charge in [0, 0.05) is 32.3 Å². The Hall–Kier alpha value is -2.46. The van der Waals surface area contributed by atoms with Crippen molar-refractivity contribution in [2.24, 2.45) is 0 Å². The molecule has 0 bridgehead atoms. The predicted molar refractivity (Wildman–Crippen MR) is 114 cm³/mol. The average molecular weight is 432 g/mol. The summed E-state index contributed by atoms with van der Waals surface area (Å²) in [4.78, 5) is 12.6. The first-order valence-corrected chi connectivity index (χ1v) is 9.54. The van der Waals surface area contributed by atoms with Gasteiger partial charge in [-0.25, -0.2) is 0 Å². The van der Waals surface area contributed by atoms with Gasteiger partial charge in [0.1, 0.15) is 23.7 Å². The van der Waals surface area contributed by atoms with Crippen LogP contribution in [-0.4, -0.2) is 0 Å². The SMILES string of the molecule is O=c1cc(-c2ccc(Cl)cc2)oc2ccc(OCc3c(Cl)cccc3Cl)cc12. The second-order valence-electron chi connectivity index (χ2n) is 6.13. The molecule has 4 rings (SSSR count). The zero-order chi connectivity index (χ0) is 19.7. The first kappa shape index (κ1) is 18.9. The molecule has 0 radical (unpaired) electrons. The number of benzene rings is 3. The molecule has 0 fully saturated rings. The fraction of sp³-hybridized carbons (Fsp3) is 0.0455. The van der Waals surface area contributed by atoms with E-state index in [-0.39, 0.29) is 12.0 Å². The highest BCUT2D eigenvalue weighted by Gasteiger charge is 2.10. The van der Waals surface area contributed by atoms with Crippen LogP contribution in [0.1, 0.15) is 5.56 Å². The predicted octanol–water partition coefficient (Wildman–Crippen LogP) is 7.00. The van der Waals surface area contributed by atoms with Crippen molar-refractivity contribution in [3.63, 3.8) is 0 Å². The molecule has 0 amide bonds. The number of fused-ring (bicyclic) bond motifs is 1. The van der Waals surface area contributed by atoms with Gasteiger partial charge in [-0.05, 0) is 54.6 Å². The lowest BCUT2D eigenvalue weighted by Gasteiger charge is -2.10. The molecule has 0 N–H and O–H groups in total. The Bertz CT molecular complexity index is 1190. The topological polar surface area (TPSA) is 39.4 Å². The first-order valence-electron chi connectivity index (χ1n) is 8.41. The fourth-order valence-corrected chi connectivity index (χ4v) is 3.44. The molecule has 0 aliphatic rings. The van der Waals surface area contributed by atoms with Gasteiger partial charge in [-0.15, -0.1) is 0 Å². The molecule has 1 aromatic heterocycles. The average Bonchev–Trinajstić information content (AvgIpc) is 2.68. The summed E-state index contributed by atoms with van der Waals surface area (Å²) in [5.74, 6) is 1.00. The van der Waals surface area contributed by atoms with Crippen molar-refractivity contribution >= 4 is 45.8 Å². The van der Waals surface area contributed by atoms with Gasteiger partial charge in [0.05, 0.1) is 5.39 Å². The van der Waals surface area contributed by atoms with Gasteiger partial charge < -0.3 is 9.15 Å². The monoisotopic (exact) mass is 430 g/mol. The maximum absolute atomic E-state index is 12.6. The van der Waals surface area contributed by atoms with Crippen molar-refractivity contribution in [3.8, 4) is 17.1 Å². The molecule has 0 saturated heterocycles. The molecule has 0 spiro atoms. The molecule has 1 heterocycles. The Morgan fingerprint density at radius 1 is 0.857 bits per heavy atom. The standard InChI is InChI=1S/C22H13Cl3O3/c23-14-6-4-13(5-7-14)22-11-20(26)16-10-15(8-9-21(16)28-22)27-12-17-18(24)2-1-3-19(17)25/h1-11H,12H2. The molecule has 140 valence electrons. The number of hydrogen-bond acceptors (Lipinski definition) is 3. The molecule has 6 heteroatoms. The van der Waals surface area contributed by atoms with Crippen LogP contribution in [0.2, 0.25) is 15.1 Å². The summed E-state index contributed by atoms with van der Waals surface area (Å²) in [6.07, 6.45) is 0. The van der Waals surface area contributed by atoms with E-state index in [1.165, 1.54) is 6.07 Å². The van der Waals surface area contributed by atoms with Gasteiger partial charge in [0.15, 0.2) is 5.43 Å². The van der Waals surface area contributed by atoms with Crippen LogP contribution < -0.4 is 10.2 Å². The second kappa shape index (κ2) is 7.88. The van der Waals surface area contributed by atoms with E-state index in [0.29, 0.717) is 43.1 Å². The highest BCUT2D eigenvalue weighted by Crippen LogP contribution is 2.28. The summed E-state index contributed by atoms with van der Waals surface area (Å²) < 4.78 is 11.7. The maximum Gasteiger partial charge on any atom is 0.193 e.